The lowest BCUT2D eigenvalue weighted by atomic mass is 10.1. The fourth-order valence-electron chi connectivity index (χ4n) is 2.67. The zero-order valence-corrected chi connectivity index (χ0v) is 14.3. The number of carbonyl (C=O) groups is 1. The van der Waals surface area contributed by atoms with E-state index in [-0.39, 0.29) is 0 Å². The molecule has 0 spiro atoms. The van der Waals surface area contributed by atoms with Crippen LogP contribution in [0, 0.1) is 12.7 Å². The molecule has 2 aromatic heterocycles. The van der Waals surface area contributed by atoms with Gasteiger partial charge in [-0.15, -0.1) is 10.2 Å². The van der Waals surface area contributed by atoms with E-state index in [1.165, 1.54) is 18.2 Å². The number of aromatic nitrogens is 4. The standard InChI is InChI=1S/C19H15FN6O/c1-12-23-24-18-9-8-17(25-26(12)18)13-4-2-6-15(10-13)21-19(27)22-16-7-3-5-14(20)11-16/h2-11H,1H3,(H2,21,22,27). The predicted molar refractivity (Wildman–Crippen MR) is 100.0 cm³/mol. The number of nitrogens with zero attached hydrogens (tertiary/aromatic N) is 4. The molecular weight excluding hydrogens is 347 g/mol. The summed E-state index contributed by atoms with van der Waals surface area (Å²) in [7, 11) is 0. The summed E-state index contributed by atoms with van der Waals surface area (Å²) in [6.45, 7) is 1.82. The van der Waals surface area contributed by atoms with Crippen molar-refractivity contribution >= 4 is 23.1 Å². The molecule has 2 N–H and O–H groups in total. The van der Waals surface area contributed by atoms with Crippen molar-refractivity contribution in [3.05, 3.63) is 72.3 Å². The molecule has 0 aliphatic heterocycles. The minimum absolute atomic E-state index is 0.374. The van der Waals surface area contributed by atoms with Crippen LogP contribution in [-0.2, 0) is 0 Å². The van der Waals surface area contributed by atoms with Gasteiger partial charge in [0.15, 0.2) is 11.5 Å². The van der Waals surface area contributed by atoms with Crippen LogP contribution in [0.4, 0.5) is 20.6 Å². The molecule has 0 saturated heterocycles. The molecule has 0 unspecified atom stereocenters. The number of aryl methyl sites for hydroxylation is 1. The Hall–Kier alpha value is -3.81. The second kappa shape index (κ2) is 6.83. The van der Waals surface area contributed by atoms with Gasteiger partial charge in [0.25, 0.3) is 0 Å². The van der Waals surface area contributed by atoms with Gasteiger partial charge in [-0.1, -0.05) is 18.2 Å². The van der Waals surface area contributed by atoms with Gasteiger partial charge in [-0.2, -0.15) is 9.61 Å². The maximum atomic E-state index is 13.2. The van der Waals surface area contributed by atoms with Crippen molar-refractivity contribution in [1.82, 2.24) is 19.8 Å². The highest BCUT2D eigenvalue weighted by Crippen LogP contribution is 2.21. The fraction of sp³-hybridized carbons (Fsp3) is 0.0526. The van der Waals surface area contributed by atoms with Gasteiger partial charge in [0, 0.05) is 16.9 Å². The van der Waals surface area contributed by atoms with Crippen LogP contribution in [0.1, 0.15) is 5.82 Å². The zero-order valence-electron chi connectivity index (χ0n) is 14.3. The summed E-state index contributed by atoms with van der Waals surface area (Å²) in [6, 6.07) is 16.2. The maximum Gasteiger partial charge on any atom is 0.323 e. The van der Waals surface area contributed by atoms with E-state index in [4.69, 9.17) is 0 Å². The van der Waals surface area contributed by atoms with Crippen molar-refractivity contribution in [3.8, 4) is 11.3 Å². The second-order valence-electron chi connectivity index (χ2n) is 5.91. The number of nitrogens with one attached hydrogen (secondary N) is 2. The number of amides is 2. The van der Waals surface area contributed by atoms with Crippen LogP contribution >= 0.6 is 0 Å². The molecule has 7 nitrogen and oxygen atoms in total. The SMILES string of the molecule is Cc1nnc2ccc(-c3cccc(NC(=O)Nc4cccc(F)c4)c3)nn12. The molecule has 134 valence electrons. The number of rotatable bonds is 3. The molecular formula is C19H15FN6O. The third kappa shape index (κ3) is 3.59. The number of carbonyl (C=O) groups excluding carboxylic acids is 1. The molecule has 0 radical (unpaired) electrons. The number of halogens is 1. The summed E-state index contributed by atoms with van der Waals surface area (Å²) in [5.74, 6) is 0.274. The Morgan fingerprint density at radius 1 is 0.963 bits per heavy atom. The molecule has 0 saturated carbocycles. The minimum atomic E-state index is -0.462. The number of urea groups is 1. The summed E-state index contributed by atoms with van der Waals surface area (Å²) in [4.78, 5) is 12.1. The average molecular weight is 362 g/mol. The summed E-state index contributed by atoms with van der Waals surface area (Å²) in [5, 5.41) is 17.9. The normalized spacial score (nSPS) is 10.7. The summed E-state index contributed by atoms with van der Waals surface area (Å²) in [5.41, 5.74) is 3.18. The molecule has 8 heteroatoms. The molecule has 0 fully saturated rings. The molecule has 2 aromatic carbocycles. The third-order valence-electron chi connectivity index (χ3n) is 3.92. The van der Waals surface area contributed by atoms with Crippen LogP contribution in [0.25, 0.3) is 16.9 Å². The van der Waals surface area contributed by atoms with E-state index in [2.05, 4.69) is 25.9 Å². The Morgan fingerprint density at radius 2 is 1.70 bits per heavy atom. The van der Waals surface area contributed by atoms with Crippen molar-refractivity contribution in [1.29, 1.82) is 0 Å². The van der Waals surface area contributed by atoms with E-state index in [0.717, 1.165) is 11.3 Å². The number of fused-ring (bicyclic) bond motifs is 1. The third-order valence-corrected chi connectivity index (χ3v) is 3.92. The van der Waals surface area contributed by atoms with Crippen LogP contribution in [0.5, 0.6) is 0 Å². The first kappa shape index (κ1) is 16.6. The molecule has 0 atom stereocenters. The van der Waals surface area contributed by atoms with E-state index in [0.29, 0.717) is 22.8 Å². The Kier molecular flexibility index (Phi) is 4.21. The van der Waals surface area contributed by atoms with Gasteiger partial charge >= 0.3 is 6.03 Å². The highest BCUT2D eigenvalue weighted by Gasteiger charge is 2.08. The van der Waals surface area contributed by atoms with Crippen molar-refractivity contribution < 1.29 is 9.18 Å². The van der Waals surface area contributed by atoms with Gasteiger partial charge in [-0.3, -0.25) is 0 Å². The number of benzene rings is 2. The highest BCUT2D eigenvalue weighted by atomic mass is 19.1. The number of hydrogen-bond acceptors (Lipinski definition) is 4. The Morgan fingerprint density at radius 3 is 2.48 bits per heavy atom. The van der Waals surface area contributed by atoms with Gasteiger partial charge in [0.1, 0.15) is 5.82 Å². The van der Waals surface area contributed by atoms with Gasteiger partial charge in [0.05, 0.1) is 5.69 Å². The highest BCUT2D eigenvalue weighted by molar-refractivity contribution is 6.00. The smallest absolute Gasteiger partial charge is 0.308 e. The van der Waals surface area contributed by atoms with Gasteiger partial charge in [-0.05, 0) is 49.4 Å². The summed E-state index contributed by atoms with van der Waals surface area (Å²) < 4.78 is 14.9. The Labute approximate surface area is 153 Å². The van der Waals surface area contributed by atoms with Crippen molar-refractivity contribution in [2.45, 2.75) is 6.92 Å². The van der Waals surface area contributed by atoms with E-state index < -0.39 is 11.8 Å². The number of hydrogen-bond donors (Lipinski definition) is 2. The first-order valence-electron chi connectivity index (χ1n) is 8.21. The Balaban J connectivity index is 1.54. The lowest BCUT2D eigenvalue weighted by molar-refractivity contribution is 0.262. The zero-order chi connectivity index (χ0) is 18.8. The van der Waals surface area contributed by atoms with Crippen LogP contribution < -0.4 is 10.6 Å². The lowest BCUT2D eigenvalue weighted by Gasteiger charge is -2.09. The van der Waals surface area contributed by atoms with Gasteiger partial charge in [-0.25, -0.2) is 9.18 Å². The monoisotopic (exact) mass is 362 g/mol. The van der Waals surface area contributed by atoms with Gasteiger partial charge in [0.2, 0.25) is 0 Å². The molecule has 0 aliphatic carbocycles. The largest absolute Gasteiger partial charge is 0.323 e. The minimum Gasteiger partial charge on any atom is -0.308 e. The second-order valence-corrected chi connectivity index (χ2v) is 5.91. The fourth-order valence-corrected chi connectivity index (χ4v) is 2.67. The maximum absolute atomic E-state index is 13.2. The molecule has 0 aliphatic rings. The van der Waals surface area contributed by atoms with Gasteiger partial charge < -0.3 is 10.6 Å². The molecule has 2 amide bonds. The topological polar surface area (TPSA) is 84.2 Å². The molecule has 2 heterocycles. The first-order chi connectivity index (χ1) is 13.1. The quantitative estimate of drug-likeness (QED) is 0.579. The van der Waals surface area contributed by atoms with Crippen LogP contribution in [0.3, 0.4) is 0 Å². The summed E-state index contributed by atoms with van der Waals surface area (Å²) in [6.07, 6.45) is 0. The average Bonchev–Trinajstić information content (AvgIpc) is 3.02. The van der Waals surface area contributed by atoms with Crippen LogP contribution in [0.15, 0.2) is 60.7 Å². The van der Waals surface area contributed by atoms with E-state index in [1.807, 2.05) is 31.2 Å². The van der Waals surface area contributed by atoms with E-state index in [9.17, 15) is 9.18 Å². The number of anilines is 2. The molecule has 0 bridgehead atoms. The molecule has 4 rings (SSSR count). The summed E-state index contributed by atoms with van der Waals surface area (Å²) >= 11 is 0. The predicted octanol–water partition coefficient (Wildman–Crippen LogP) is 3.88. The molecule has 4 aromatic rings. The van der Waals surface area contributed by atoms with Crippen molar-refractivity contribution in [2.75, 3.05) is 10.6 Å². The van der Waals surface area contributed by atoms with E-state index >= 15 is 0 Å². The van der Waals surface area contributed by atoms with E-state index in [1.54, 1.807) is 22.7 Å². The Bertz CT molecular complexity index is 1140. The molecule has 27 heavy (non-hydrogen) atoms. The van der Waals surface area contributed by atoms with Crippen molar-refractivity contribution in [3.63, 3.8) is 0 Å². The van der Waals surface area contributed by atoms with Crippen LogP contribution in [0.2, 0.25) is 0 Å². The lowest BCUT2D eigenvalue weighted by Crippen LogP contribution is -2.19. The first-order valence-corrected chi connectivity index (χ1v) is 8.21. The van der Waals surface area contributed by atoms with Crippen LogP contribution in [-0.4, -0.2) is 25.8 Å². The van der Waals surface area contributed by atoms with Crippen molar-refractivity contribution in [2.24, 2.45) is 0 Å².